The molecule has 0 spiro atoms. The van der Waals surface area contributed by atoms with Crippen molar-refractivity contribution in [2.75, 3.05) is 36.2 Å². The lowest BCUT2D eigenvalue weighted by atomic mass is 10.5. The quantitative estimate of drug-likeness (QED) is 0.777. The Balaban J connectivity index is 2.65. The third-order valence-electron chi connectivity index (χ3n) is 1.70. The molecule has 0 unspecified atom stereocenters. The molecule has 0 amide bonds. The van der Waals surface area contributed by atoms with Gasteiger partial charge in [0, 0.05) is 31.7 Å². The predicted octanol–water partition coefficient (Wildman–Crippen LogP) is 0.858. The molecule has 5 heteroatoms. The van der Waals surface area contributed by atoms with Gasteiger partial charge in [-0.05, 0) is 6.26 Å². The van der Waals surface area contributed by atoms with E-state index in [0.717, 1.165) is 18.1 Å². The molecule has 1 rings (SSSR count). The van der Waals surface area contributed by atoms with Gasteiger partial charge in [-0.1, -0.05) is 0 Å². The number of nitrogens with two attached hydrogens (primary N) is 1. The van der Waals surface area contributed by atoms with Crippen molar-refractivity contribution < 1.29 is 0 Å². The van der Waals surface area contributed by atoms with E-state index in [4.69, 9.17) is 5.73 Å². The van der Waals surface area contributed by atoms with Crippen molar-refractivity contribution in [3.05, 3.63) is 12.4 Å². The fourth-order valence-corrected chi connectivity index (χ4v) is 1.43. The Bertz CT molecular complexity index is 266. The number of anilines is 2. The summed E-state index contributed by atoms with van der Waals surface area (Å²) in [6.45, 7) is 0.935. The van der Waals surface area contributed by atoms with Crippen molar-refractivity contribution >= 4 is 23.4 Å². The number of thioether (sulfide) groups is 1. The van der Waals surface area contributed by atoms with Crippen LogP contribution in [0.3, 0.4) is 0 Å². The standard InChI is InChI=1S/C8H14N4S/c1-12(5-6-13-2)8-7(9)10-3-4-11-8/h3-4H,5-6H2,1-2H3,(H2,9,10). The van der Waals surface area contributed by atoms with Gasteiger partial charge in [0.15, 0.2) is 11.6 Å². The van der Waals surface area contributed by atoms with Gasteiger partial charge >= 0.3 is 0 Å². The molecule has 0 aliphatic rings. The maximum atomic E-state index is 5.67. The van der Waals surface area contributed by atoms with Crippen LogP contribution in [0.1, 0.15) is 0 Å². The molecule has 72 valence electrons. The molecule has 0 atom stereocenters. The fraction of sp³-hybridized carbons (Fsp3) is 0.500. The van der Waals surface area contributed by atoms with Crippen molar-refractivity contribution in [3.63, 3.8) is 0 Å². The molecule has 1 aromatic rings. The monoisotopic (exact) mass is 198 g/mol. The second-order valence-electron chi connectivity index (χ2n) is 2.68. The van der Waals surface area contributed by atoms with Gasteiger partial charge in [0.05, 0.1) is 0 Å². The van der Waals surface area contributed by atoms with Crippen LogP contribution in [0.2, 0.25) is 0 Å². The Labute approximate surface area is 82.6 Å². The molecule has 0 aliphatic carbocycles. The van der Waals surface area contributed by atoms with Crippen LogP contribution in [-0.4, -0.2) is 35.6 Å². The molecule has 0 aromatic carbocycles. The molecule has 0 fully saturated rings. The summed E-state index contributed by atoms with van der Waals surface area (Å²) in [7, 11) is 1.97. The Hall–Kier alpha value is -0.970. The van der Waals surface area contributed by atoms with E-state index in [1.807, 2.05) is 11.9 Å². The summed E-state index contributed by atoms with van der Waals surface area (Å²) >= 11 is 1.80. The van der Waals surface area contributed by atoms with E-state index in [2.05, 4.69) is 16.2 Å². The van der Waals surface area contributed by atoms with Crippen LogP contribution in [0.25, 0.3) is 0 Å². The molecule has 0 saturated heterocycles. The predicted molar refractivity (Wildman–Crippen MR) is 58.1 cm³/mol. The molecule has 2 N–H and O–H groups in total. The van der Waals surface area contributed by atoms with Gasteiger partial charge in [0.25, 0.3) is 0 Å². The third-order valence-corrected chi connectivity index (χ3v) is 2.29. The minimum absolute atomic E-state index is 0.492. The molecular weight excluding hydrogens is 184 g/mol. The molecule has 0 radical (unpaired) electrons. The maximum Gasteiger partial charge on any atom is 0.171 e. The Morgan fingerprint density at radius 3 is 2.77 bits per heavy atom. The lowest BCUT2D eigenvalue weighted by Gasteiger charge is -2.17. The van der Waals surface area contributed by atoms with E-state index >= 15 is 0 Å². The largest absolute Gasteiger partial charge is 0.381 e. The summed E-state index contributed by atoms with van der Waals surface area (Å²) in [6, 6.07) is 0. The van der Waals surface area contributed by atoms with Gasteiger partial charge < -0.3 is 10.6 Å². The molecule has 1 aromatic heterocycles. The summed E-state index contributed by atoms with van der Waals surface area (Å²) in [5.41, 5.74) is 5.67. The van der Waals surface area contributed by atoms with Crippen molar-refractivity contribution in [1.29, 1.82) is 0 Å². The molecule has 0 saturated carbocycles. The zero-order chi connectivity index (χ0) is 9.68. The molecular formula is C8H14N4S. The lowest BCUT2D eigenvalue weighted by molar-refractivity contribution is 0.940. The van der Waals surface area contributed by atoms with Crippen LogP contribution in [0.4, 0.5) is 11.6 Å². The number of rotatable bonds is 4. The average Bonchev–Trinajstić information content (AvgIpc) is 2.15. The second kappa shape index (κ2) is 4.91. The summed E-state index contributed by atoms with van der Waals surface area (Å²) in [6.07, 6.45) is 5.33. The first-order chi connectivity index (χ1) is 6.25. The first kappa shape index (κ1) is 10.1. The van der Waals surface area contributed by atoms with Crippen molar-refractivity contribution in [2.45, 2.75) is 0 Å². The highest BCUT2D eigenvalue weighted by atomic mass is 32.2. The summed E-state index contributed by atoms with van der Waals surface area (Å²) in [5.74, 6) is 2.31. The number of nitrogens with zero attached hydrogens (tertiary/aromatic N) is 3. The van der Waals surface area contributed by atoms with Gasteiger partial charge in [-0.25, -0.2) is 9.97 Å². The zero-order valence-electron chi connectivity index (χ0n) is 7.90. The Morgan fingerprint density at radius 2 is 2.15 bits per heavy atom. The van der Waals surface area contributed by atoms with Crippen LogP contribution >= 0.6 is 11.8 Å². The molecule has 0 bridgehead atoms. The fourth-order valence-electron chi connectivity index (χ4n) is 0.970. The van der Waals surface area contributed by atoms with E-state index in [1.165, 1.54) is 0 Å². The van der Waals surface area contributed by atoms with Gasteiger partial charge in [-0.3, -0.25) is 0 Å². The van der Waals surface area contributed by atoms with Crippen LogP contribution < -0.4 is 10.6 Å². The Kier molecular flexibility index (Phi) is 3.82. The van der Waals surface area contributed by atoms with Crippen molar-refractivity contribution in [2.24, 2.45) is 0 Å². The highest BCUT2D eigenvalue weighted by Crippen LogP contribution is 2.14. The molecule has 0 aliphatic heterocycles. The molecule has 1 heterocycles. The van der Waals surface area contributed by atoms with Gasteiger partial charge in [0.1, 0.15) is 0 Å². The summed E-state index contributed by atoms with van der Waals surface area (Å²) < 4.78 is 0. The third kappa shape index (κ3) is 2.77. The summed E-state index contributed by atoms with van der Waals surface area (Å²) in [4.78, 5) is 10.1. The van der Waals surface area contributed by atoms with E-state index in [0.29, 0.717) is 5.82 Å². The lowest BCUT2D eigenvalue weighted by Crippen LogP contribution is -2.22. The van der Waals surface area contributed by atoms with Crippen LogP contribution in [0.15, 0.2) is 12.4 Å². The summed E-state index contributed by atoms with van der Waals surface area (Å²) in [5, 5.41) is 0. The number of hydrogen-bond acceptors (Lipinski definition) is 5. The van der Waals surface area contributed by atoms with E-state index < -0.39 is 0 Å². The smallest absolute Gasteiger partial charge is 0.171 e. The second-order valence-corrected chi connectivity index (χ2v) is 3.67. The minimum atomic E-state index is 0.492. The van der Waals surface area contributed by atoms with Gasteiger partial charge in [-0.2, -0.15) is 11.8 Å². The molecule has 4 nitrogen and oxygen atoms in total. The molecule has 13 heavy (non-hydrogen) atoms. The van der Waals surface area contributed by atoms with E-state index in [-0.39, 0.29) is 0 Å². The van der Waals surface area contributed by atoms with Gasteiger partial charge in [-0.15, -0.1) is 0 Å². The highest BCUT2D eigenvalue weighted by molar-refractivity contribution is 7.98. The first-order valence-corrected chi connectivity index (χ1v) is 5.41. The number of aromatic nitrogens is 2. The maximum absolute atomic E-state index is 5.67. The number of hydrogen-bond donors (Lipinski definition) is 1. The zero-order valence-corrected chi connectivity index (χ0v) is 8.71. The van der Waals surface area contributed by atoms with Crippen LogP contribution in [0.5, 0.6) is 0 Å². The van der Waals surface area contributed by atoms with E-state index in [9.17, 15) is 0 Å². The van der Waals surface area contributed by atoms with E-state index in [1.54, 1.807) is 24.2 Å². The van der Waals surface area contributed by atoms with Crippen molar-refractivity contribution in [1.82, 2.24) is 9.97 Å². The first-order valence-electron chi connectivity index (χ1n) is 4.02. The minimum Gasteiger partial charge on any atom is -0.381 e. The van der Waals surface area contributed by atoms with Crippen LogP contribution in [0, 0.1) is 0 Å². The normalized spacial score (nSPS) is 10.0. The van der Waals surface area contributed by atoms with Crippen LogP contribution in [-0.2, 0) is 0 Å². The van der Waals surface area contributed by atoms with Gasteiger partial charge in [0.2, 0.25) is 0 Å². The van der Waals surface area contributed by atoms with Crippen molar-refractivity contribution in [3.8, 4) is 0 Å². The topological polar surface area (TPSA) is 55.0 Å². The Morgan fingerprint density at radius 1 is 1.46 bits per heavy atom. The number of nitrogen functional groups attached to an aromatic ring is 1. The average molecular weight is 198 g/mol. The highest BCUT2D eigenvalue weighted by Gasteiger charge is 2.05. The SMILES string of the molecule is CSCCN(C)c1nccnc1N.